The van der Waals surface area contributed by atoms with Crippen LogP contribution in [0.15, 0.2) is 58.3 Å². The van der Waals surface area contributed by atoms with Gasteiger partial charge >= 0.3 is 0 Å². The summed E-state index contributed by atoms with van der Waals surface area (Å²) in [6.45, 7) is 1.36. The standard InChI is InChI=1S/C18H20N2O4S/c1-19-10-9-18(21)20-11-12-24-17-8-7-15(13-16(17)20)25(22,23)14-5-3-2-4-6-14/h2-8,13,19H,9-12H2,1H3. The van der Waals surface area contributed by atoms with Gasteiger partial charge in [0.2, 0.25) is 15.7 Å². The van der Waals surface area contributed by atoms with Gasteiger partial charge in [0.25, 0.3) is 0 Å². The number of carbonyl (C=O) groups is 1. The summed E-state index contributed by atoms with van der Waals surface area (Å²) in [5.41, 5.74) is 0.504. The van der Waals surface area contributed by atoms with Gasteiger partial charge in [-0.05, 0) is 37.4 Å². The second kappa shape index (κ2) is 7.25. The Hall–Kier alpha value is -2.38. The van der Waals surface area contributed by atoms with Crippen LogP contribution in [0.4, 0.5) is 5.69 Å². The molecule has 6 nitrogen and oxygen atoms in total. The Bertz CT molecular complexity index is 866. The van der Waals surface area contributed by atoms with Crippen molar-refractivity contribution in [1.29, 1.82) is 0 Å². The summed E-state index contributed by atoms with van der Waals surface area (Å²) in [7, 11) is -1.86. The van der Waals surface area contributed by atoms with E-state index < -0.39 is 9.84 Å². The number of hydrogen-bond donors (Lipinski definition) is 1. The molecule has 0 aromatic heterocycles. The van der Waals surface area contributed by atoms with Gasteiger partial charge in [-0.25, -0.2) is 8.42 Å². The van der Waals surface area contributed by atoms with Crippen LogP contribution in [0.25, 0.3) is 0 Å². The molecule has 2 aromatic carbocycles. The monoisotopic (exact) mass is 360 g/mol. The molecule has 7 heteroatoms. The van der Waals surface area contributed by atoms with Crippen LogP contribution in [0.1, 0.15) is 6.42 Å². The van der Waals surface area contributed by atoms with Crippen molar-refractivity contribution in [2.45, 2.75) is 16.2 Å². The van der Waals surface area contributed by atoms with Crippen molar-refractivity contribution in [2.75, 3.05) is 31.6 Å². The van der Waals surface area contributed by atoms with Gasteiger partial charge in [-0.3, -0.25) is 4.79 Å². The summed E-state index contributed by atoms with van der Waals surface area (Å²) in [5, 5.41) is 2.94. The quantitative estimate of drug-likeness (QED) is 0.881. The van der Waals surface area contributed by atoms with Crippen molar-refractivity contribution in [2.24, 2.45) is 0 Å². The van der Waals surface area contributed by atoms with Crippen molar-refractivity contribution in [1.82, 2.24) is 5.32 Å². The topological polar surface area (TPSA) is 75.7 Å². The van der Waals surface area contributed by atoms with Crippen LogP contribution in [0.5, 0.6) is 5.75 Å². The summed E-state index contributed by atoms with van der Waals surface area (Å²) in [4.78, 5) is 14.4. The van der Waals surface area contributed by atoms with E-state index in [2.05, 4.69) is 5.32 Å². The lowest BCUT2D eigenvalue weighted by Crippen LogP contribution is -2.39. The van der Waals surface area contributed by atoms with E-state index in [0.29, 0.717) is 37.6 Å². The fraction of sp³-hybridized carbons (Fsp3) is 0.278. The van der Waals surface area contributed by atoms with Crippen molar-refractivity contribution in [3.05, 3.63) is 48.5 Å². The molecule has 1 N–H and O–H groups in total. The molecule has 3 rings (SSSR count). The molecule has 1 aliphatic rings. The minimum absolute atomic E-state index is 0.0619. The molecule has 0 fully saturated rings. The van der Waals surface area contributed by atoms with Crippen molar-refractivity contribution in [3.63, 3.8) is 0 Å². The minimum Gasteiger partial charge on any atom is -0.490 e. The first-order valence-electron chi connectivity index (χ1n) is 8.06. The second-order valence-electron chi connectivity index (χ2n) is 5.69. The highest BCUT2D eigenvalue weighted by atomic mass is 32.2. The lowest BCUT2D eigenvalue weighted by atomic mass is 10.2. The number of hydrogen-bond acceptors (Lipinski definition) is 5. The molecule has 132 valence electrons. The largest absolute Gasteiger partial charge is 0.490 e. The van der Waals surface area contributed by atoms with E-state index in [4.69, 9.17) is 4.74 Å². The summed E-state index contributed by atoms with van der Waals surface area (Å²) >= 11 is 0. The maximum atomic E-state index is 12.8. The van der Waals surface area contributed by atoms with Crippen LogP contribution in [0, 0.1) is 0 Å². The number of amides is 1. The van der Waals surface area contributed by atoms with Gasteiger partial charge < -0.3 is 15.0 Å². The number of nitrogens with one attached hydrogen (secondary N) is 1. The van der Waals surface area contributed by atoms with Gasteiger partial charge in [0.05, 0.1) is 22.0 Å². The Kier molecular flexibility index (Phi) is 5.06. The molecular formula is C18H20N2O4S. The van der Waals surface area contributed by atoms with Crippen molar-refractivity contribution < 1.29 is 17.9 Å². The van der Waals surface area contributed by atoms with Crippen LogP contribution < -0.4 is 15.0 Å². The van der Waals surface area contributed by atoms with E-state index in [1.807, 2.05) is 0 Å². The van der Waals surface area contributed by atoms with Crippen LogP contribution in [-0.2, 0) is 14.6 Å². The molecule has 0 atom stereocenters. The zero-order valence-electron chi connectivity index (χ0n) is 13.9. The lowest BCUT2D eigenvalue weighted by molar-refractivity contribution is -0.118. The Morgan fingerprint density at radius 3 is 2.64 bits per heavy atom. The maximum absolute atomic E-state index is 12.8. The van der Waals surface area contributed by atoms with Crippen LogP contribution in [0.2, 0.25) is 0 Å². The molecule has 0 saturated heterocycles. The number of ether oxygens (including phenoxy) is 1. The number of nitrogens with zero attached hydrogens (tertiary/aromatic N) is 1. The second-order valence-corrected chi connectivity index (χ2v) is 7.64. The van der Waals surface area contributed by atoms with Crippen molar-refractivity contribution >= 4 is 21.4 Å². The average molecular weight is 360 g/mol. The van der Waals surface area contributed by atoms with Gasteiger partial charge in [-0.15, -0.1) is 0 Å². The van der Waals surface area contributed by atoms with Crippen LogP contribution in [-0.4, -0.2) is 41.1 Å². The summed E-state index contributed by atoms with van der Waals surface area (Å²) in [5.74, 6) is 0.462. The average Bonchev–Trinajstić information content (AvgIpc) is 2.65. The highest BCUT2D eigenvalue weighted by Crippen LogP contribution is 2.35. The van der Waals surface area contributed by atoms with E-state index in [1.165, 1.54) is 12.1 Å². The highest BCUT2D eigenvalue weighted by molar-refractivity contribution is 7.91. The predicted octanol–water partition coefficient (Wildman–Crippen LogP) is 1.85. The first-order valence-corrected chi connectivity index (χ1v) is 9.54. The van der Waals surface area contributed by atoms with E-state index >= 15 is 0 Å². The fourth-order valence-corrected chi connectivity index (χ4v) is 4.03. The number of rotatable bonds is 5. The molecular weight excluding hydrogens is 340 g/mol. The Morgan fingerprint density at radius 1 is 1.16 bits per heavy atom. The normalized spacial score (nSPS) is 13.9. The highest BCUT2D eigenvalue weighted by Gasteiger charge is 2.26. The zero-order valence-corrected chi connectivity index (χ0v) is 14.8. The number of carbonyl (C=O) groups excluding carboxylic acids is 1. The Labute approximate surface area is 147 Å². The minimum atomic E-state index is -3.64. The Balaban J connectivity index is 1.99. The van der Waals surface area contributed by atoms with Gasteiger partial charge in [-0.2, -0.15) is 0 Å². The van der Waals surface area contributed by atoms with Gasteiger partial charge in [0, 0.05) is 13.0 Å². The van der Waals surface area contributed by atoms with Crippen molar-refractivity contribution in [3.8, 4) is 5.75 Å². The molecule has 1 amide bonds. The summed E-state index contributed by atoms with van der Waals surface area (Å²) < 4.78 is 31.2. The third-order valence-electron chi connectivity index (χ3n) is 4.05. The van der Waals surface area contributed by atoms with Crippen LogP contribution in [0.3, 0.4) is 0 Å². The maximum Gasteiger partial charge on any atom is 0.228 e. The van der Waals surface area contributed by atoms with Crippen LogP contribution >= 0.6 is 0 Å². The SMILES string of the molecule is CNCCC(=O)N1CCOc2ccc(S(=O)(=O)c3ccccc3)cc21. The molecule has 25 heavy (non-hydrogen) atoms. The molecule has 1 aliphatic heterocycles. The molecule has 0 bridgehead atoms. The predicted molar refractivity (Wildman–Crippen MR) is 94.7 cm³/mol. The zero-order chi connectivity index (χ0) is 17.9. The van der Waals surface area contributed by atoms with Gasteiger partial charge in [0.15, 0.2) is 0 Å². The first-order chi connectivity index (χ1) is 12.0. The molecule has 2 aromatic rings. The van der Waals surface area contributed by atoms with Gasteiger partial charge in [0.1, 0.15) is 12.4 Å². The summed E-state index contributed by atoms with van der Waals surface area (Å²) in [6, 6.07) is 12.9. The first kappa shape index (κ1) is 17.4. The Morgan fingerprint density at radius 2 is 1.92 bits per heavy atom. The lowest BCUT2D eigenvalue weighted by Gasteiger charge is -2.30. The molecule has 0 radical (unpaired) electrons. The number of anilines is 1. The fourth-order valence-electron chi connectivity index (χ4n) is 2.73. The number of benzene rings is 2. The van der Waals surface area contributed by atoms with E-state index in [-0.39, 0.29) is 15.7 Å². The molecule has 0 unspecified atom stereocenters. The molecule has 0 saturated carbocycles. The number of sulfone groups is 1. The van der Waals surface area contributed by atoms with E-state index in [9.17, 15) is 13.2 Å². The van der Waals surface area contributed by atoms with Gasteiger partial charge in [-0.1, -0.05) is 18.2 Å². The van der Waals surface area contributed by atoms with E-state index in [1.54, 1.807) is 48.3 Å². The third-order valence-corrected chi connectivity index (χ3v) is 5.81. The smallest absolute Gasteiger partial charge is 0.228 e. The van der Waals surface area contributed by atoms with E-state index in [0.717, 1.165) is 0 Å². The summed E-state index contributed by atoms with van der Waals surface area (Å²) in [6.07, 6.45) is 0.339. The third kappa shape index (κ3) is 3.52. The molecule has 1 heterocycles. The number of fused-ring (bicyclic) bond motifs is 1. The molecule has 0 spiro atoms. The molecule has 0 aliphatic carbocycles.